The number of halogens is 2. The molecule has 180 valence electrons. The molecule has 1 atom stereocenters. The van der Waals surface area contributed by atoms with Gasteiger partial charge in [-0.1, -0.05) is 13.8 Å². The second-order valence-electron chi connectivity index (χ2n) is 8.19. The Balaban J connectivity index is 1.97. The first-order valence-electron chi connectivity index (χ1n) is 10.8. The summed E-state index contributed by atoms with van der Waals surface area (Å²) in [7, 11) is 1.48. The molecule has 6 N–H and O–H groups in total. The quantitative estimate of drug-likeness (QED) is 0.352. The van der Waals surface area contributed by atoms with Crippen LogP contribution in [0.2, 0.25) is 0 Å². The van der Waals surface area contributed by atoms with E-state index in [4.69, 9.17) is 16.2 Å². The van der Waals surface area contributed by atoms with Crippen LogP contribution in [0.1, 0.15) is 30.6 Å². The van der Waals surface area contributed by atoms with Crippen LogP contribution in [0.25, 0.3) is 11.3 Å². The lowest BCUT2D eigenvalue weighted by Crippen LogP contribution is -2.31. The molecule has 0 radical (unpaired) electrons. The first kappa shape index (κ1) is 24.8. The summed E-state index contributed by atoms with van der Waals surface area (Å²) in [5.41, 5.74) is 12.1. The van der Waals surface area contributed by atoms with Crippen LogP contribution in [0.3, 0.4) is 0 Å². The second-order valence-corrected chi connectivity index (χ2v) is 8.19. The number of aromatic nitrogens is 2. The lowest BCUT2D eigenvalue weighted by atomic mass is 10.0. The molecule has 2 aromatic heterocycles. The number of hydrogen-bond acceptors (Lipinski definition) is 7. The Bertz CT molecular complexity index is 1170. The van der Waals surface area contributed by atoms with Gasteiger partial charge in [-0.2, -0.15) is 0 Å². The van der Waals surface area contributed by atoms with Crippen molar-refractivity contribution in [2.24, 2.45) is 17.4 Å². The van der Waals surface area contributed by atoms with Crippen LogP contribution in [0.5, 0.6) is 5.75 Å². The first-order valence-corrected chi connectivity index (χ1v) is 10.8. The monoisotopic (exact) mass is 470 g/mol. The van der Waals surface area contributed by atoms with E-state index in [9.17, 15) is 13.6 Å². The Labute approximate surface area is 196 Å². The Morgan fingerprint density at radius 2 is 1.88 bits per heavy atom. The molecule has 0 aliphatic heterocycles. The highest BCUT2D eigenvalue weighted by molar-refractivity contribution is 5.98. The Hall–Kier alpha value is -3.79. The van der Waals surface area contributed by atoms with Gasteiger partial charge in [-0.05, 0) is 48.7 Å². The van der Waals surface area contributed by atoms with E-state index in [0.29, 0.717) is 29.5 Å². The molecule has 3 aromatic rings. The van der Waals surface area contributed by atoms with Crippen LogP contribution in [0.15, 0.2) is 42.6 Å². The summed E-state index contributed by atoms with van der Waals surface area (Å²) in [5, 5.41) is 5.97. The minimum Gasteiger partial charge on any atom is -0.497 e. The van der Waals surface area contributed by atoms with E-state index in [2.05, 4.69) is 20.6 Å². The Kier molecular flexibility index (Phi) is 7.95. The van der Waals surface area contributed by atoms with E-state index in [1.54, 1.807) is 12.1 Å². The number of ether oxygens (including phenoxy) is 1. The number of anilines is 3. The van der Waals surface area contributed by atoms with Gasteiger partial charge in [-0.25, -0.2) is 13.8 Å². The van der Waals surface area contributed by atoms with Gasteiger partial charge in [0, 0.05) is 30.0 Å². The second kappa shape index (κ2) is 10.9. The fraction of sp³-hybridized carbons (Fsp3) is 0.292. The van der Waals surface area contributed by atoms with Crippen LogP contribution in [-0.4, -0.2) is 35.6 Å². The zero-order valence-corrected chi connectivity index (χ0v) is 19.2. The minimum absolute atomic E-state index is 0.0417. The number of carbonyl (C=O) groups excluding carboxylic acids is 1. The largest absolute Gasteiger partial charge is 0.497 e. The van der Waals surface area contributed by atoms with Crippen molar-refractivity contribution in [3.05, 3.63) is 59.8 Å². The third-order valence-electron chi connectivity index (χ3n) is 5.09. The molecule has 10 heteroatoms. The average Bonchev–Trinajstić information content (AvgIpc) is 2.80. The predicted octanol–water partition coefficient (Wildman–Crippen LogP) is 4.06. The fourth-order valence-electron chi connectivity index (χ4n) is 3.47. The van der Waals surface area contributed by atoms with E-state index >= 15 is 0 Å². The number of benzene rings is 1. The number of rotatable bonds is 10. The standard InChI is InChI=1S/C24H28F2N6O2/c1-13(2)8-15(12-27)31-24-20(26)11-18(22(28)33)23(32-24)30-14-6-7-29-21(9-14)17-10-16(34-3)4-5-19(17)25/h4-7,9-11,13,15H,8,12,27H2,1-3H3,(H2,28,33)(H2,29,30,31,32)/t15-/m1/s1. The molecule has 0 aliphatic rings. The zero-order chi connectivity index (χ0) is 24.8. The van der Waals surface area contributed by atoms with Gasteiger partial charge in [0.2, 0.25) is 0 Å². The highest BCUT2D eigenvalue weighted by atomic mass is 19.1. The fourth-order valence-corrected chi connectivity index (χ4v) is 3.47. The van der Waals surface area contributed by atoms with Gasteiger partial charge in [0.25, 0.3) is 5.91 Å². The van der Waals surface area contributed by atoms with E-state index in [0.717, 1.165) is 6.07 Å². The van der Waals surface area contributed by atoms with Gasteiger partial charge in [0.15, 0.2) is 11.6 Å². The molecule has 0 fully saturated rings. The maximum absolute atomic E-state index is 14.7. The summed E-state index contributed by atoms with van der Waals surface area (Å²) in [4.78, 5) is 20.4. The van der Waals surface area contributed by atoms with Crippen molar-refractivity contribution < 1.29 is 18.3 Å². The molecule has 0 unspecified atom stereocenters. The van der Waals surface area contributed by atoms with E-state index < -0.39 is 17.5 Å². The number of pyridine rings is 2. The van der Waals surface area contributed by atoms with Crippen molar-refractivity contribution in [3.8, 4) is 17.0 Å². The van der Waals surface area contributed by atoms with Gasteiger partial charge in [0.05, 0.1) is 18.4 Å². The number of methoxy groups -OCH3 is 1. The summed E-state index contributed by atoms with van der Waals surface area (Å²) in [6, 6.07) is 8.30. The lowest BCUT2D eigenvalue weighted by molar-refractivity contribution is 0.100. The summed E-state index contributed by atoms with van der Waals surface area (Å²) >= 11 is 0. The van der Waals surface area contributed by atoms with Crippen LogP contribution < -0.4 is 26.8 Å². The predicted molar refractivity (Wildman–Crippen MR) is 128 cm³/mol. The molecule has 0 saturated carbocycles. The van der Waals surface area contributed by atoms with Crippen molar-refractivity contribution in [2.75, 3.05) is 24.3 Å². The normalized spacial score (nSPS) is 11.9. The summed E-state index contributed by atoms with van der Waals surface area (Å²) < 4.78 is 34.3. The number of amides is 1. The minimum atomic E-state index is -0.855. The van der Waals surface area contributed by atoms with Gasteiger partial charge in [-0.3, -0.25) is 9.78 Å². The number of nitrogens with two attached hydrogens (primary N) is 2. The summed E-state index contributed by atoms with van der Waals surface area (Å²) in [6.45, 7) is 4.34. The molecular formula is C24H28F2N6O2. The third kappa shape index (κ3) is 5.96. The molecule has 1 aromatic carbocycles. The van der Waals surface area contributed by atoms with Crippen molar-refractivity contribution in [3.63, 3.8) is 0 Å². The highest BCUT2D eigenvalue weighted by Gasteiger charge is 2.19. The molecule has 2 heterocycles. The Morgan fingerprint density at radius 3 is 2.53 bits per heavy atom. The molecule has 0 aliphatic carbocycles. The third-order valence-corrected chi connectivity index (χ3v) is 5.09. The topological polar surface area (TPSA) is 128 Å². The van der Waals surface area contributed by atoms with Crippen molar-refractivity contribution >= 4 is 23.2 Å². The molecular weight excluding hydrogens is 442 g/mol. The van der Waals surface area contributed by atoms with Gasteiger partial charge in [0.1, 0.15) is 17.4 Å². The van der Waals surface area contributed by atoms with Gasteiger partial charge < -0.3 is 26.8 Å². The Morgan fingerprint density at radius 1 is 1.12 bits per heavy atom. The number of nitrogens with zero attached hydrogens (tertiary/aromatic N) is 2. The molecule has 3 rings (SSSR count). The summed E-state index contributed by atoms with van der Waals surface area (Å²) in [6.07, 6.45) is 2.17. The molecule has 1 amide bonds. The first-order chi connectivity index (χ1) is 16.2. The molecule has 0 saturated heterocycles. The molecule has 0 spiro atoms. The lowest BCUT2D eigenvalue weighted by Gasteiger charge is -2.21. The maximum Gasteiger partial charge on any atom is 0.252 e. The molecule has 0 bridgehead atoms. The van der Waals surface area contributed by atoms with Gasteiger partial charge >= 0.3 is 0 Å². The number of primary amides is 1. The summed E-state index contributed by atoms with van der Waals surface area (Å²) in [5.74, 6) is -1.27. The number of nitrogens with one attached hydrogen (secondary N) is 2. The van der Waals surface area contributed by atoms with Crippen LogP contribution in [0, 0.1) is 17.6 Å². The van der Waals surface area contributed by atoms with Crippen LogP contribution >= 0.6 is 0 Å². The van der Waals surface area contributed by atoms with Crippen molar-refractivity contribution in [1.29, 1.82) is 0 Å². The SMILES string of the molecule is COc1ccc(F)c(-c2cc(Nc3nc(N[C@@H](CN)CC(C)C)c(F)cc3C(N)=O)ccn2)c1. The molecule has 34 heavy (non-hydrogen) atoms. The van der Waals surface area contributed by atoms with E-state index in [1.165, 1.54) is 31.5 Å². The smallest absolute Gasteiger partial charge is 0.252 e. The van der Waals surface area contributed by atoms with E-state index in [-0.39, 0.29) is 35.3 Å². The van der Waals surface area contributed by atoms with E-state index in [1.807, 2.05) is 13.8 Å². The number of carbonyl (C=O) groups is 1. The maximum atomic E-state index is 14.7. The van der Waals surface area contributed by atoms with Crippen LogP contribution in [-0.2, 0) is 0 Å². The zero-order valence-electron chi connectivity index (χ0n) is 19.2. The highest BCUT2D eigenvalue weighted by Crippen LogP contribution is 2.29. The van der Waals surface area contributed by atoms with Crippen molar-refractivity contribution in [1.82, 2.24) is 9.97 Å². The van der Waals surface area contributed by atoms with Crippen molar-refractivity contribution in [2.45, 2.75) is 26.3 Å². The van der Waals surface area contributed by atoms with Gasteiger partial charge in [-0.15, -0.1) is 0 Å². The molecule has 8 nitrogen and oxygen atoms in total. The van der Waals surface area contributed by atoms with Crippen LogP contribution in [0.4, 0.5) is 26.1 Å². The number of hydrogen-bond donors (Lipinski definition) is 4. The average molecular weight is 471 g/mol.